The van der Waals surface area contributed by atoms with Gasteiger partial charge in [0, 0.05) is 41.5 Å². The normalized spacial score (nSPS) is 19.9. The van der Waals surface area contributed by atoms with E-state index in [4.69, 9.17) is 22.1 Å². The number of alkyl halides is 3. The summed E-state index contributed by atoms with van der Waals surface area (Å²) in [6.07, 6.45) is -3.61. The van der Waals surface area contributed by atoms with Gasteiger partial charge in [0.15, 0.2) is 0 Å². The number of nitrogen functional groups attached to an aromatic ring is 1. The molecule has 5 N–H and O–H groups in total. The maximum atomic E-state index is 14.7. The molecule has 1 unspecified atom stereocenters. The third kappa shape index (κ3) is 7.05. The Hall–Kier alpha value is -4.36. The largest absolute Gasteiger partial charge is 0.480 e. The molecule has 14 heteroatoms. The third-order valence-corrected chi connectivity index (χ3v) is 8.94. The van der Waals surface area contributed by atoms with Gasteiger partial charge < -0.3 is 31.1 Å². The molecule has 46 heavy (non-hydrogen) atoms. The monoisotopic (exact) mass is 658 g/mol. The van der Waals surface area contributed by atoms with Crippen LogP contribution in [0.5, 0.6) is 5.88 Å². The predicted molar refractivity (Wildman–Crippen MR) is 169 cm³/mol. The maximum absolute atomic E-state index is 14.7. The van der Waals surface area contributed by atoms with Crippen LogP contribution >= 0.6 is 11.6 Å². The first-order valence-electron chi connectivity index (χ1n) is 14.8. The molecule has 1 aromatic heterocycles. The molecular weight excluding hydrogens is 625 g/mol. The smallest absolute Gasteiger partial charge is 0.429 e. The first kappa shape index (κ1) is 33.0. The topological polar surface area (TPSA) is 143 Å². The highest BCUT2D eigenvalue weighted by Gasteiger charge is 2.50. The van der Waals surface area contributed by atoms with E-state index in [-0.39, 0.29) is 39.4 Å². The summed E-state index contributed by atoms with van der Waals surface area (Å²) in [5.74, 6) is -1.66. The van der Waals surface area contributed by atoms with Crippen molar-refractivity contribution >= 4 is 40.9 Å². The van der Waals surface area contributed by atoms with Crippen molar-refractivity contribution in [3.8, 4) is 17.0 Å². The van der Waals surface area contributed by atoms with Crippen molar-refractivity contribution in [1.82, 2.24) is 15.3 Å². The molecule has 0 aliphatic carbocycles. The second kappa shape index (κ2) is 13.2. The molecule has 1 spiro atoms. The van der Waals surface area contributed by atoms with Crippen LogP contribution in [0, 0.1) is 5.41 Å². The number of benzene rings is 2. The summed E-state index contributed by atoms with van der Waals surface area (Å²) < 4.78 is 49.7. The number of carbonyl (C=O) groups excluding carboxylic acids is 1. The van der Waals surface area contributed by atoms with Crippen molar-refractivity contribution in [2.45, 2.75) is 57.0 Å². The number of nitrogens with zero attached hydrogens (tertiary/aromatic N) is 3. The van der Waals surface area contributed by atoms with Crippen molar-refractivity contribution in [1.29, 1.82) is 0 Å². The van der Waals surface area contributed by atoms with Crippen LogP contribution in [0.2, 0.25) is 5.02 Å². The number of rotatable bonds is 9. The molecule has 2 saturated heterocycles. The summed E-state index contributed by atoms with van der Waals surface area (Å²) in [6.45, 7) is 6.44. The summed E-state index contributed by atoms with van der Waals surface area (Å²) in [5.41, 5.74) is 6.39. The Morgan fingerprint density at radius 3 is 2.63 bits per heavy atom. The molecule has 3 aromatic rings. The Balaban J connectivity index is 1.42. The zero-order chi connectivity index (χ0) is 33.2. The minimum absolute atomic E-state index is 0.0465. The predicted octanol–water partition coefficient (Wildman–Crippen LogP) is 6.00. The van der Waals surface area contributed by atoms with E-state index < -0.39 is 30.2 Å². The average Bonchev–Trinajstić information content (AvgIpc) is 3.37. The second-order valence-corrected chi connectivity index (χ2v) is 12.0. The van der Waals surface area contributed by atoms with Gasteiger partial charge in [-0.05, 0) is 72.6 Å². The number of carbonyl (C=O) groups is 2. The van der Waals surface area contributed by atoms with Gasteiger partial charge in [-0.25, -0.2) is 0 Å². The lowest BCUT2D eigenvalue weighted by Crippen LogP contribution is -2.46. The minimum Gasteiger partial charge on any atom is -0.480 e. The van der Waals surface area contributed by atoms with E-state index in [1.807, 2.05) is 11.8 Å². The lowest BCUT2D eigenvalue weighted by Gasteiger charge is -2.43. The number of aliphatic carboxylic acids is 1. The zero-order valence-corrected chi connectivity index (χ0v) is 25.7. The molecule has 244 valence electrons. The number of nitrogens with one attached hydrogen (secondary N) is 2. The van der Waals surface area contributed by atoms with Crippen LogP contribution in [0.4, 0.5) is 30.6 Å². The molecule has 1 amide bonds. The molecule has 0 saturated carbocycles. The number of halogens is 4. The number of amides is 1. The van der Waals surface area contributed by atoms with Gasteiger partial charge in [0.25, 0.3) is 0 Å². The number of piperidine rings is 1. The van der Waals surface area contributed by atoms with Gasteiger partial charge in [0.2, 0.25) is 23.8 Å². The van der Waals surface area contributed by atoms with Crippen LogP contribution in [-0.4, -0.2) is 58.3 Å². The number of hydrogen-bond donors (Lipinski definition) is 4. The van der Waals surface area contributed by atoms with E-state index in [0.29, 0.717) is 49.4 Å². The Morgan fingerprint density at radius 2 is 1.98 bits per heavy atom. The van der Waals surface area contributed by atoms with Gasteiger partial charge in [-0.3, -0.25) is 9.59 Å². The fraction of sp³-hybridized carbons (Fsp3) is 0.375. The second-order valence-electron chi connectivity index (χ2n) is 11.5. The van der Waals surface area contributed by atoms with Gasteiger partial charge in [-0.2, -0.15) is 23.1 Å². The molecule has 3 atom stereocenters. The Labute approximate surface area is 268 Å². The molecule has 2 fully saturated rings. The van der Waals surface area contributed by atoms with Crippen LogP contribution in [0.15, 0.2) is 61.2 Å². The maximum Gasteiger partial charge on any atom is 0.429 e. The van der Waals surface area contributed by atoms with Crippen LogP contribution in [0.25, 0.3) is 11.1 Å². The SMILES string of the molecule is C=CC(=O)Nc1cccc(-c2cc(Cl)ccc2[C@@H](Oc2cc(N3CCC4(CC3)CC(C(=O)O)N[C@H]4CC)nc(N)n2)C(F)(F)F)c1. The van der Waals surface area contributed by atoms with Gasteiger partial charge in [-0.1, -0.05) is 43.3 Å². The number of aromatic nitrogens is 2. The minimum atomic E-state index is -4.88. The molecule has 3 heterocycles. The first-order valence-corrected chi connectivity index (χ1v) is 15.1. The molecule has 5 rings (SSSR count). The molecule has 10 nitrogen and oxygen atoms in total. The van der Waals surface area contributed by atoms with Crippen molar-refractivity contribution in [3.05, 3.63) is 71.8 Å². The quantitative estimate of drug-likeness (QED) is 0.204. The van der Waals surface area contributed by atoms with E-state index >= 15 is 0 Å². The standard InChI is InChI=1S/C32H34ClF3N6O4/c1-3-24-31(17-23(39-24)29(44)45)10-12-42(13-11-31)25-16-27(41-30(37)40-25)46-28(32(34,35)36)21-9-8-19(33)15-22(21)18-6-5-7-20(14-18)38-26(43)4-2/h4-9,14-16,23-24,28,39H,2-3,10-13,17H2,1H3,(H,38,43)(H,44,45)(H2,37,40,41)/t23?,24-,28+/m0/s1. The molecule has 2 aliphatic rings. The highest BCUT2D eigenvalue weighted by Crippen LogP contribution is 2.46. The Bertz CT molecular complexity index is 1630. The highest BCUT2D eigenvalue weighted by molar-refractivity contribution is 6.30. The van der Waals surface area contributed by atoms with Gasteiger partial charge in [0.1, 0.15) is 11.9 Å². The van der Waals surface area contributed by atoms with Gasteiger partial charge in [0.05, 0.1) is 0 Å². The summed E-state index contributed by atoms with van der Waals surface area (Å²) in [7, 11) is 0. The molecule has 0 bridgehead atoms. The molecular formula is C32H34ClF3N6O4. The Kier molecular flexibility index (Phi) is 9.45. The Morgan fingerprint density at radius 1 is 1.24 bits per heavy atom. The summed E-state index contributed by atoms with van der Waals surface area (Å²) in [4.78, 5) is 33.6. The fourth-order valence-electron chi connectivity index (χ4n) is 6.52. The van der Waals surface area contributed by atoms with Gasteiger partial charge >= 0.3 is 12.1 Å². The lowest BCUT2D eigenvalue weighted by atomic mass is 9.71. The van der Waals surface area contributed by atoms with E-state index in [1.54, 1.807) is 18.2 Å². The summed E-state index contributed by atoms with van der Waals surface area (Å²) >= 11 is 6.23. The number of anilines is 3. The highest BCUT2D eigenvalue weighted by atomic mass is 35.5. The number of nitrogens with two attached hydrogens (primary N) is 1. The molecule has 0 radical (unpaired) electrons. The number of hydrogen-bond acceptors (Lipinski definition) is 8. The van der Waals surface area contributed by atoms with Crippen molar-refractivity contribution in [2.75, 3.05) is 29.0 Å². The number of carboxylic acid groups (broad SMARTS) is 1. The van der Waals surface area contributed by atoms with E-state index in [1.165, 1.54) is 30.3 Å². The van der Waals surface area contributed by atoms with Crippen LogP contribution in [-0.2, 0) is 9.59 Å². The first-order chi connectivity index (χ1) is 21.8. The average molecular weight is 659 g/mol. The van der Waals surface area contributed by atoms with E-state index in [9.17, 15) is 27.9 Å². The van der Waals surface area contributed by atoms with Crippen molar-refractivity contribution in [3.63, 3.8) is 0 Å². The fourth-order valence-corrected chi connectivity index (χ4v) is 6.69. The summed E-state index contributed by atoms with van der Waals surface area (Å²) in [5, 5.41) is 15.6. The third-order valence-electron chi connectivity index (χ3n) is 8.71. The van der Waals surface area contributed by atoms with E-state index in [0.717, 1.165) is 12.5 Å². The van der Waals surface area contributed by atoms with Crippen LogP contribution < -0.4 is 26.0 Å². The van der Waals surface area contributed by atoms with Crippen molar-refractivity contribution < 1.29 is 32.6 Å². The van der Waals surface area contributed by atoms with E-state index in [2.05, 4.69) is 27.2 Å². The van der Waals surface area contributed by atoms with Gasteiger partial charge in [-0.15, -0.1) is 0 Å². The zero-order valence-electron chi connectivity index (χ0n) is 25.0. The lowest BCUT2D eigenvalue weighted by molar-refractivity contribution is -0.198. The van der Waals surface area contributed by atoms with Crippen molar-refractivity contribution in [2.24, 2.45) is 5.41 Å². The number of ether oxygens (including phenoxy) is 1. The number of carboxylic acids is 1. The molecule has 2 aliphatic heterocycles. The van der Waals surface area contributed by atoms with Crippen LogP contribution in [0.1, 0.15) is 44.3 Å². The summed E-state index contributed by atoms with van der Waals surface area (Å²) in [6, 6.07) is 11.0. The van der Waals surface area contributed by atoms with Crippen LogP contribution in [0.3, 0.4) is 0 Å². The molecule has 2 aromatic carbocycles.